The molecule has 7 nitrogen and oxygen atoms in total. The van der Waals surface area contributed by atoms with E-state index in [1.54, 1.807) is 21.3 Å². The molecule has 0 unspecified atom stereocenters. The molecular weight excluding hydrogens is 406 g/mol. The molecule has 2 aromatic carbocycles. The molecule has 1 aromatic heterocycles. The van der Waals surface area contributed by atoms with E-state index in [9.17, 15) is 0 Å². The Balaban J connectivity index is 1.27. The minimum absolute atomic E-state index is 0.570. The molecule has 1 aliphatic heterocycles. The number of aromatic nitrogens is 2. The quantitative estimate of drug-likeness (QED) is 0.484. The van der Waals surface area contributed by atoms with Crippen LogP contribution in [-0.4, -0.2) is 49.5 Å². The van der Waals surface area contributed by atoms with Crippen molar-refractivity contribution >= 4 is 0 Å². The molecular formula is C25H31N3O4. The second-order valence-electron chi connectivity index (χ2n) is 8.19. The number of ether oxygens (including phenoxy) is 3. The lowest BCUT2D eigenvalue weighted by Crippen LogP contribution is -2.33. The predicted octanol–water partition coefficient (Wildman–Crippen LogP) is 4.61. The van der Waals surface area contributed by atoms with E-state index >= 15 is 0 Å². The lowest BCUT2D eigenvalue weighted by Gasteiger charge is -2.31. The Kier molecular flexibility index (Phi) is 7.27. The van der Waals surface area contributed by atoms with E-state index in [1.807, 2.05) is 30.3 Å². The third kappa shape index (κ3) is 5.40. The summed E-state index contributed by atoms with van der Waals surface area (Å²) in [6.07, 6.45) is 4.55. The summed E-state index contributed by atoms with van der Waals surface area (Å²) in [6.45, 7) is 2.76. The normalized spacial score (nSPS) is 15.0. The van der Waals surface area contributed by atoms with E-state index < -0.39 is 0 Å². The molecule has 3 aromatic rings. The molecule has 1 fully saturated rings. The van der Waals surface area contributed by atoms with Crippen LogP contribution in [0, 0.1) is 5.92 Å². The molecule has 0 N–H and O–H groups in total. The first-order chi connectivity index (χ1) is 15.7. The van der Waals surface area contributed by atoms with Crippen LogP contribution in [0.2, 0.25) is 0 Å². The fraction of sp³-hybridized carbons (Fsp3) is 0.440. The molecule has 0 amide bonds. The number of benzene rings is 2. The van der Waals surface area contributed by atoms with Crippen molar-refractivity contribution in [3.05, 3.63) is 53.9 Å². The molecule has 170 valence electrons. The van der Waals surface area contributed by atoms with E-state index in [0.29, 0.717) is 18.3 Å². The zero-order valence-corrected chi connectivity index (χ0v) is 19.0. The van der Waals surface area contributed by atoms with Crippen LogP contribution in [0.1, 0.15) is 30.7 Å². The van der Waals surface area contributed by atoms with Crippen molar-refractivity contribution in [2.45, 2.75) is 32.2 Å². The molecule has 1 aliphatic rings. The van der Waals surface area contributed by atoms with E-state index in [1.165, 1.54) is 24.8 Å². The molecule has 0 spiro atoms. The molecule has 0 aliphatic carbocycles. The number of likely N-dealkylation sites (tertiary alicyclic amines) is 1. The zero-order chi connectivity index (χ0) is 22.3. The Morgan fingerprint density at radius 2 is 1.69 bits per heavy atom. The topological polar surface area (TPSA) is 69.9 Å². The van der Waals surface area contributed by atoms with E-state index in [2.05, 4.69) is 27.2 Å². The van der Waals surface area contributed by atoms with Crippen molar-refractivity contribution < 1.29 is 18.7 Å². The highest BCUT2D eigenvalue weighted by Crippen LogP contribution is 2.29. The number of para-hydroxylation sites is 1. The Morgan fingerprint density at radius 1 is 0.969 bits per heavy atom. The van der Waals surface area contributed by atoms with Crippen LogP contribution in [0.15, 0.2) is 47.0 Å². The van der Waals surface area contributed by atoms with Gasteiger partial charge in [-0.05, 0) is 74.5 Å². The standard InChI is InChI=1S/C25H31N3O4/c1-29-20-14-19(15-21(16-20)30-2)9-8-18-10-12-28(13-11-18)17-24-26-25(27-32-24)22-6-4-5-7-23(22)31-3/h4-7,14-16,18H,8-13,17H2,1-3H3. The van der Waals surface area contributed by atoms with Gasteiger partial charge in [0.1, 0.15) is 17.2 Å². The first-order valence-corrected chi connectivity index (χ1v) is 11.1. The fourth-order valence-electron chi connectivity index (χ4n) is 4.26. The fourth-order valence-corrected chi connectivity index (χ4v) is 4.26. The minimum atomic E-state index is 0.570. The summed E-state index contributed by atoms with van der Waals surface area (Å²) in [7, 11) is 5.03. The van der Waals surface area contributed by atoms with E-state index in [4.69, 9.17) is 18.7 Å². The number of methoxy groups -OCH3 is 3. The Morgan fingerprint density at radius 3 is 2.38 bits per heavy atom. The number of hydrogen-bond donors (Lipinski definition) is 0. The molecule has 0 radical (unpaired) electrons. The van der Waals surface area contributed by atoms with Crippen molar-refractivity contribution in [2.24, 2.45) is 5.92 Å². The lowest BCUT2D eigenvalue weighted by molar-refractivity contribution is 0.155. The molecule has 7 heteroatoms. The van der Waals surface area contributed by atoms with Crippen molar-refractivity contribution in [1.82, 2.24) is 15.0 Å². The van der Waals surface area contributed by atoms with Crippen LogP contribution in [0.4, 0.5) is 0 Å². The highest BCUT2D eigenvalue weighted by molar-refractivity contribution is 5.63. The molecule has 0 bridgehead atoms. The summed E-state index contributed by atoms with van der Waals surface area (Å²) >= 11 is 0. The van der Waals surface area contributed by atoms with Gasteiger partial charge in [0.2, 0.25) is 11.7 Å². The lowest BCUT2D eigenvalue weighted by atomic mass is 9.90. The summed E-state index contributed by atoms with van der Waals surface area (Å²) in [5.74, 6) is 4.38. The van der Waals surface area contributed by atoms with Gasteiger partial charge in [-0.1, -0.05) is 17.3 Å². The zero-order valence-electron chi connectivity index (χ0n) is 19.0. The summed E-state index contributed by atoms with van der Waals surface area (Å²) in [6, 6.07) is 13.8. The van der Waals surface area contributed by atoms with Crippen LogP contribution in [-0.2, 0) is 13.0 Å². The number of aryl methyl sites for hydroxylation is 1. The van der Waals surface area contributed by atoms with E-state index in [-0.39, 0.29) is 0 Å². The van der Waals surface area contributed by atoms with Crippen molar-refractivity contribution in [1.29, 1.82) is 0 Å². The van der Waals surface area contributed by atoms with Crippen LogP contribution in [0.3, 0.4) is 0 Å². The van der Waals surface area contributed by atoms with Gasteiger partial charge in [0, 0.05) is 6.07 Å². The Bertz CT molecular complexity index is 990. The van der Waals surface area contributed by atoms with Crippen molar-refractivity contribution in [3.63, 3.8) is 0 Å². The van der Waals surface area contributed by atoms with Gasteiger partial charge >= 0.3 is 0 Å². The highest BCUT2D eigenvalue weighted by atomic mass is 16.5. The average Bonchev–Trinajstić information content (AvgIpc) is 3.31. The van der Waals surface area contributed by atoms with Gasteiger partial charge in [-0.3, -0.25) is 4.90 Å². The first kappa shape index (κ1) is 22.1. The molecule has 32 heavy (non-hydrogen) atoms. The summed E-state index contributed by atoms with van der Waals surface area (Å²) in [5, 5.41) is 4.15. The van der Waals surface area contributed by atoms with Crippen molar-refractivity contribution in [3.8, 4) is 28.6 Å². The number of rotatable bonds is 9. The number of nitrogens with zero attached hydrogens (tertiary/aromatic N) is 3. The molecule has 0 saturated carbocycles. The SMILES string of the molecule is COc1cc(CCC2CCN(Cc3nc(-c4ccccc4OC)no3)CC2)cc(OC)c1. The summed E-state index contributed by atoms with van der Waals surface area (Å²) < 4.78 is 21.7. The van der Waals surface area contributed by atoms with Gasteiger partial charge in [0.15, 0.2) is 0 Å². The smallest absolute Gasteiger partial charge is 0.241 e. The van der Waals surface area contributed by atoms with E-state index in [0.717, 1.165) is 48.2 Å². The third-order valence-corrected chi connectivity index (χ3v) is 6.13. The van der Waals surface area contributed by atoms with Gasteiger partial charge in [-0.15, -0.1) is 0 Å². The summed E-state index contributed by atoms with van der Waals surface area (Å²) in [5.41, 5.74) is 2.11. The number of hydrogen-bond acceptors (Lipinski definition) is 7. The minimum Gasteiger partial charge on any atom is -0.497 e. The van der Waals surface area contributed by atoms with Crippen molar-refractivity contribution in [2.75, 3.05) is 34.4 Å². The summed E-state index contributed by atoms with van der Waals surface area (Å²) in [4.78, 5) is 6.98. The predicted molar refractivity (Wildman–Crippen MR) is 122 cm³/mol. The van der Waals surface area contributed by atoms with Crippen LogP contribution in [0.5, 0.6) is 17.2 Å². The molecule has 2 heterocycles. The van der Waals surface area contributed by atoms with Gasteiger partial charge in [-0.25, -0.2) is 0 Å². The Labute approximate surface area is 189 Å². The van der Waals surface area contributed by atoms with Crippen LogP contribution >= 0.6 is 0 Å². The van der Waals surface area contributed by atoms with Gasteiger partial charge in [0.25, 0.3) is 0 Å². The van der Waals surface area contributed by atoms with Crippen LogP contribution in [0.25, 0.3) is 11.4 Å². The maximum Gasteiger partial charge on any atom is 0.241 e. The van der Waals surface area contributed by atoms with Gasteiger partial charge < -0.3 is 18.7 Å². The second kappa shape index (κ2) is 10.5. The highest BCUT2D eigenvalue weighted by Gasteiger charge is 2.22. The average molecular weight is 438 g/mol. The largest absolute Gasteiger partial charge is 0.497 e. The number of piperidine rings is 1. The molecule has 1 saturated heterocycles. The Hall–Kier alpha value is -3.06. The molecule has 4 rings (SSSR count). The van der Waals surface area contributed by atoms with Gasteiger partial charge in [-0.2, -0.15) is 4.98 Å². The maximum absolute atomic E-state index is 5.52. The third-order valence-electron chi connectivity index (χ3n) is 6.13. The monoisotopic (exact) mass is 437 g/mol. The maximum atomic E-state index is 5.52. The van der Waals surface area contributed by atoms with Gasteiger partial charge in [0.05, 0.1) is 33.4 Å². The van der Waals surface area contributed by atoms with Crippen LogP contribution < -0.4 is 14.2 Å². The molecule has 0 atom stereocenters. The first-order valence-electron chi connectivity index (χ1n) is 11.1. The second-order valence-corrected chi connectivity index (χ2v) is 8.19.